The molecule has 0 aromatic heterocycles. The second-order valence-corrected chi connectivity index (χ2v) is 7.30. The second kappa shape index (κ2) is 7.50. The minimum Gasteiger partial charge on any atom is -0.497 e. The maximum absolute atomic E-state index is 12.7. The van der Waals surface area contributed by atoms with Crippen LogP contribution in [0.4, 0.5) is 5.69 Å². The Balaban J connectivity index is 1.50. The number of carbonyl (C=O) groups excluding carboxylic acids is 3. The van der Waals surface area contributed by atoms with E-state index in [9.17, 15) is 14.4 Å². The molecule has 1 N–H and O–H groups in total. The Hall–Kier alpha value is -3.48. The molecule has 4 rings (SSSR count). The van der Waals surface area contributed by atoms with Crippen LogP contribution in [0.25, 0.3) is 0 Å². The highest BCUT2D eigenvalue weighted by molar-refractivity contribution is 6.12. The van der Waals surface area contributed by atoms with E-state index in [1.807, 2.05) is 19.1 Å². The summed E-state index contributed by atoms with van der Waals surface area (Å²) in [6.07, 6.45) is 7.09. The molecule has 3 aliphatic rings. The lowest BCUT2D eigenvalue weighted by Gasteiger charge is -2.25. The van der Waals surface area contributed by atoms with Crippen LogP contribution in [-0.2, 0) is 14.4 Å². The second-order valence-electron chi connectivity index (χ2n) is 7.30. The summed E-state index contributed by atoms with van der Waals surface area (Å²) in [6, 6.07) is 7.19. The van der Waals surface area contributed by atoms with Crippen molar-refractivity contribution >= 4 is 29.1 Å². The fourth-order valence-corrected chi connectivity index (χ4v) is 3.77. The van der Waals surface area contributed by atoms with E-state index in [2.05, 4.69) is 10.3 Å². The third-order valence-corrected chi connectivity index (χ3v) is 5.29. The average molecular weight is 391 g/mol. The predicted octanol–water partition coefficient (Wildman–Crippen LogP) is 2.16. The molecule has 0 saturated carbocycles. The fourth-order valence-electron chi connectivity index (χ4n) is 3.77. The van der Waals surface area contributed by atoms with Crippen LogP contribution in [0.15, 0.2) is 64.8 Å². The van der Waals surface area contributed by atoms with Crippen LogP contribution in [0.3, 0.4) is 0 Å². The summed E-state index contributed by atoms with van der Waals surface area (Å²) >= 11 is 0. The smallest absolute Gasteiger partial charge is 0.251 e. The van der Waals surface area contributed by atoms with Crippen molar-refractivity contribution in [2.24, 2.45) is 16.8 Å². The molecule has 1 aromatic carbocycles. The van der Waals surface area contributed by atoms with Crippen LogP contribution in [-0.4, -0.2) is 37.1 Å². The number of rotatable bonds is 3. The van der Waals surface area contributed by atoms with Crippen LogP contribution in [0, 0.1) is 11.8 Å². The van der Waals surface area contributed by atoms with Crippen LogP contribution < -0.4 is 15.0 Å². The number of nitrogens with zero attached hydrogens (tertiary/aromatic N) is 2. The largest absolute Gasteiger partial charge is 0.497 e. The molecule has 2 unspecified atom stereocenters. The van der Waals surface area contributed by atoms with Gasteiger partial charge in [0.25, 0.3) is 5.91 Å². The minimum absolute atomic E-state index is 0.00152. The molecule has 0 spiro atoms. The van der Waals surface area contributed by atoms with Gasteiger partial charge in [-0.3, -0.25) is 14.4 Å². The van der Waals surface area contributed by atoms with Gasteiger partial charge in [-0.2, -0.15) is 0 Å². The highest BCUT2D eigenvalue weighted by Gasteiger charge is 2.35. The number of benzene rings is 1. The zero-order valence-electron chi connectivity index (χ0n) is 16.2. The first-order valence-electron chi connectivity index (χ1n) is 9.40. The van der Waals surface area contributed by atoms with Crippen molar-refractivity contribution < 1.29 is 19.1 Å². The van der Waals surface area contributed by atoms with E-state index in [1.165, 1.54) is 0 Å². The summed E-state index contributed by atoms with van der Waals surface area (Å²) in [6.45, 7) is 2.18. The molecule has 1 saturated heterocycles. The Bertz CT molecular complexity index is 1020. The molecule has 0 bridgehead atoms. The predicted molar refractivity (Wildman–Crippen MR) is 109 cm³/mol. The zero-order valence-corrected chi connectivity index (χ0v) is 16.2. The molecule has 1 aliphatic carbocycles. The summed E-state index contributed by atoms with van der Waals surface area (Å²) in [5.74, 6) is -0.492. The molecule has 7 heteroatoms. The van der Waals surface area contributed by atoms with Gasteiger partial charge in [-0.25, -0.2) is 4.99 Å². The number of methoxy groups -OCH3 is 1. The van der Waals surface area contributed by atoms with E-state index in [1.54, 1.807) is 48.4 Å². The highest BCUT2D eigenvalue weighted by atomic mass is 16.5. The van der Waals surface area contributed by atoms with Gasteiger partial charge >= 0.3 is 0 Å². The van der Waals surface area contributed by atoms with Crippen molar-refractivity contribution in [3.63, 3.8) is 0 Å². The average Bonchev–Trinajstić information content (AvgIpc) is 3.09. The normalized spacial score (nSPS) is 24.8. The van der Waals surface area contributed by atoms with E-state index in [4.69, 9.17) is 4.74 Å². The number of hydrogen-bond donors (Lipinski definition) is 1. The van der Waals surface area contributed by atoms with Gasteiger partial charge in [0.05, 0.1) is 18.7 Å². The standard InChI is InChI=1S/C22H21N3O4/c1-13-8-20(26)24-19-10-15(6-7-18(13)19)23-22(28)14-9-21(27)25(12-14)16-4-3-5-17(11-16)29-2/h3-8,10-11,14,18H,9,12H2,1-2H3,(H,24,26). The van der Waals surface area contributed by atoms with Crippen molar-refractivity contribution in [2.45, 2.75) is 13.3 Å². The summed E-state index contributed by atoms with van der Waals surface area (Å²) in [4.78, 5) is 42.6. The highest BCUT2D eigenvalue weighted by Crippen LogP contribution is 2.29. The molecule has 1 fully saturated rings. The van der Waals surface area contributed by atoms with Gasteiger partial charge in [0.1, 0.15) is 5.75 Å². The molecule has 0 radical (unpaired) electrons. The number of ether oxygens (including phenoxy) is 1. The lowest BCUT2D eigenvalue weighted by atomic mass is 9.89. The maximum atomic E-state index is 12.7. The molecule has 29 heavy (non-hydrogen) atoms. The fraction of sp³-hybridized carbons (Fsp3) is 0.273. The molecule has 148 valence electrons. The van der Waals surface area contributed by atoms with Gasteiger partial charge in [-0.15, -0.1) is 0 Å². The first-order chi connectivity index (χ1) is 13.9. The van der Waals surface area contributed by atoms with Crippen molar-refractivity contribution in [3.05, 3.63) is 59.8 Å². The lowest BCUT2D eigenvalue weighted by molar-refractivity contribution is -0.123. The van der Waals surface area contributed by atoms with E-state index < -0.39 is 5.92 Å². The first-order valence-corrected chi connectivity index (χ1v) is 9.40. The number of anilines is 1. The topological polar surface area (TPSA) is 88.1 Å². The van der Waals surface area contributed by atoms with Gasteiger partial charge in [-0.05, 0) is 31.2 Å². The lowest BCUT2D eigenvalue weighted by Crippen LogP contribution is -2.32. The molecule has 2 aliphatic heterocycles. The molecule has 3 amide bonds. The van der Waals surface area contributed by atoms with Gasteiger partial charge in [0.15, 0.2) is 0 Å². The number of allylic oxidation sites excluding steroid dienone is 3. The summed E-state index contributed by atoms with van der Waals surface area (Å²) in [5, 5.41) is 2.80. The summed E-state index contributed by atoms with van der Waals surface area (Å²) < 4.78 is 5.21. The maximum Gasteiger partial charge on any atom is 0.251 e. The minimum atomic E-state index is -0.506. The first kappa shape index (κ1) is 18.9. The number of carbonyl (C=O) groups is 3. The number of amides is 3. The van der Waals surface area contributed by atoms with Gasteiger partial charge in [0.2, 0.25) is 11.8 Å². The number of aliphatic imine (C=N–C) groups is 1. The van der Waals surface area contributed by atoms with E-state index in [0.717, 1.165) is 5.57 Å². The van der Waals surface area contributed by atoms with Crippen molar-refractivity contribution in [3.8, 4) is 5.75 Å². The number of fused-ring (bicyclic) bond motifs is 1. The third-order valence-electron chi connectivity index (χ3n) is 5.29. The summed E-state index contributed by atoms with van der Waals surface area (Å²) in [7, 11) is 1.57. The van der Waals surface area contributed by atoms with Gasteiger partial charge in [0, 0.05) is 42.4 Å². The van der Waals surface area contributed by atoms with E-state index in [0.29, 0.717) is 22.8 Å². The Kier molecular flexibility index (Phi) is 4.88. The Morgan fingerprint density at radius 1 is 1.28 bits per heavy atom. The van der Waals surface area contributed by atoms with Crippen molar-refractivity contribution in [1.82, 2.24) is 5.32 Å². The zero-order chi connectivity index (χ0) is 20.5. The quantitative estimate of drug-likeness (QED) is 0.855. The number of hydrogen-bond acceptors (Lipinski definition) is 4. The molecule has 1 aromatic rings. The van der Waals surface area contributed by atoms with E-state index >= 15 is 0 Å². The van der Waals surface area contributed by atoms with Gasteiger partial charge in [-0.1, -0.05) is 17.7 Å². The third kappa shape index (κ3) is 3.76. The van der Waals surface area contributed by atoms with Crippen LogP contribution >= 0.6 is 0 Å². The molecule has 2 heterocycles. The SMILES string of the molecule is COc1cccc(N2CC(C(=O)N=C3C=CC4C(C)=CC(=O)NC4=C3)CC2=O)c1. The Morgan fingerprint density at radius 3 is 2.90 bits per heavy atom. The van der Waals surface area contributed by atoms with Crippen LogP contribution in [0.5, 0.6) is 5.75 Å². The molecular weight excluding hydrogens is 370 g/mol. The van der Waals surface area contributed by atoms with Crippen molar-refractivity contribution in [2.75, 3.05) is 18.6 Å². The van der Waals surface area contributed by atoms with Crippen LogP contribution in [0.2, 0.25) is 0 Å². The monoisotopic (exact) mass is 391 g/mol. The van der Waals surface area contributed by atoms with Crippen LogP contribution in [0.1, 0.15) is 13.3 Å². The molecule has 2 atom stereocenters. The molecule has 7 nitrogen and oxygen atoms in total. The molecular formula is C22H21N3O4. The number of nitrogens with one attached hydrogen (secondary N) is 1. The Labute approximate surface area is 168 Å². The Morgan fingerprint density at radius 2 is 2.10 bits per heavy atom. The van der Waals surface area contributed by atoms with Gasteiger partial charge < -0.3 is 15.0 Å². The summed E-state index contributed by atoms with van der Waals surface area (Å²) in [5.41, 5.74) is 2.83. The van der Waals surface area contributed by atoms with Crippen molar-refractivity contribution in [1.29, 1.82) is 0 Å². The van der Waals surface area contributed by atoms with E-state index in [-0.39, 0.29) is 36.6 Å².